The van der Waals surface area contributed by atoms with Gasteiger partial charge in [-0.25, -0.2) is 0 Å². The third-order valence-electron chi connectivity index (χ3n) is 2.63. The number of amides is 2. The first-order valence-electron chi connectivity index (χ1n) is 4.95. The van der Waals surface area contributed by atoms with Gasteiger partial charge in [-0.1, -0.05) is 22.0 Å². The standard InChI is InChI=1S/C11H11BrN2O2/c12-8-2-1-3-9(13)7(8)6-14-10(15)4-5-11(14)16/h1-3H,4-6,13H2. The molecule has 2 amide bonds. The number of rotatable bonds is 2. The average Bonchev–Trinajstić information content (AvgIpc) is 2.54. The Morgan fingerprint density at radius 2 is 1.88 bits per heavy atom. The fourth-order valence-electron chi connectivity index (χ4n) is 1.70. The number of nitrogen functional groups attached to an aromatic ring is 1. The van der Waals surface area contributed by atoms with Crippen molar-refractivity contribution in [3.63, 3.8) is 0 Å². The third kappa shape index (κ3) is 1.95. The summed E-state index contributed by atoms with van der Waals surface area (Å²) in [7, 11) is 0. The van der Waals surface area contributed by atoms with Gasteiger partial charge in [-0.15, -0.1) is 0 Å². The second kappa shape index (κ2) is 4.25. The van der Waals surface area contributed by atoms with Crippen molar-refractivity contribution in [2.45, 2.75) is 19.4 Å². The van der Waals surface area contributed by atoms with Crippen LogP contribution in [0.1, 0.15) is 18.4 Å². The van der Waals surface area contributed by atoms with Crippen LogP contribution in [0.4, 0.5) is 5.69 Å². The summed E-state index contributed by atoms with van der Waals surface area (Å²) in [6.07, 6.45) is 0.617. The maximum Gasteiger partial charge on any atom is 0.229 e. The SMILES string of the molecule is Nc1cccc(Br)c1CN1C(=O)CCC1=O. The molecule has 2 N–H and O–H groups in total. The fourth-order valence-corrected chi connectivity index (χ4v) is 2.21. The van der Waals surface area contributed by atoms with Crippen molar-refractivity contribution in [3.05, 3.63) is 28.2 Å². The zero-order valence-corrected chi connectivity index (χ0v) is 10.2. The third-order valence-corrected chi connectivity index (χ3v) is 3.37. The quantitative estimate of drug-likeness (QED) is 0.663. The Kier molecular flexibility index (Phi) is 2.96. The number of anilines is 1. The maximum atomic E-state index is 11.5. The topological polar surface area (TPSA) is 63.4 Å². The van der Waals surface area contributed by atoms with Crippen LogP contribution in [0.5, 0.6) is 0 Å². The van der Waals surface area contributed by atoms with E-state index in [2.05, 4.69) is 15.9 Å². The summed E-state index contributed by atoms with van der Waals surface area (Å²) in [6.45, 7) is 0.255. The lowest BCUT2D eigenvalue weighted by Crippen LogP contribution is -2.28. The lowest BCUT2D eigenvalue weighted by molar-refractivity contribution is -0.139. The predicted molar refractivity (Wildman–Crippen MR) is 63.3 cm³/mol. The van der Waals surface area contributed by atoms with Gasteiger partial charge in [-0.3, -0.25) is 14.5 Å². The van der Waals surface area contributed by atoms with E-state index >= 15 is 0 Å². The van der Waals surface area contributed by atoms with Crippen molar-refractivity contribution >= 4 is 33.4 Å². The molecule has 16 heavy (non-hydrogen) atoms. The monoisotopic (exact) mass is 282 g/mol. The van der Waals surface area contributed by atoms with Crippen molar-refractivity contribution in [3.8, 4) is 0 Å². The molecule has 1 aliphatic heterocycles. The second-order valence-electron chi connectivity index (χ2n) is 3.68. The zero-order chi connectivity index (χ0) is 11.7. The van der Waals surface area contributed by atoms with E-state index in [-0.39, 0.29) is 18.4 Å². The molecule has 0 aromatic heterocycles. The first kappa shape index (κ1) is 11.1. The molecule has 1 aromatic carbocycles. The molecule has 1 heterocycles. The summed E-state index contributed by atoms with van der Waals surface area (Å²) in [5, 5.41) is 0. The minimum atomic E-state index is -0.125. The Labute approximate surface area is 102 Å². The lowest BCUT2D eigenvalue weighted by Gasteiger charge is -2.16. The molecule has 1 aliphatic rings. The number of likely N-dealkylation sites (tertiary alicyclic amines) is 1. The molecular weight excluding hydrogens is 272 g/mol. The van der Waals surface area contributed by atoms with Crippen molar-refractivity contribution in [2.75, 3.05) is 5.73 Å². The molecule has 1 saturated heterocycles. The molecule has 0 spiro atoms. The summed E-state index contributed by atoms with van der Waals surface area (Å²) >= 11 is 3.36. The Morgan fingerprint density at radius 1 is 1.25 bits per heavy atom. The molecule has 84 valence electrons. The summed E-state index contributed by atoms with van der Waals surface area (Å²) in [4.78, 5) is 24.2. The van der Waals surface area contributed by atoms with Gasteiger partial charge in [-0.2, -0.15) is 0 Å². The molecule has 5 heteroatoms. The van der Waals surface area contributed by atoms with Crippen molar-refractivity contribution in [1.29, 1.82) is 0 Å². The Morgan fingerprint density at radius 3 is 2.44 bits per heavy atom. The first-order valence-corrected chi connectivity index (χ1v) is 5.75. The van der Waals surface area contributed by atoms with Gasteiger partial charge in [0.05, 0.1) is 6.54 Å². The van der Waals surface area contributed by atoms with E-state index in [0.29, 0.717) is 18.5 Å². The van der Waals surface area contributed by atoms with E-state index in [0.717, 1.165) is 10.0 Å². The summed E-state index contributed by atoms with van der Waals surface area (Å²) < 4.78 is 0.819. The molecule has 1 fully saturated rings. The predicted octanol–water partition coefficient (Wildman–Crippen LogP) is 1.68. The molecular formula is C11H11BrN2O2. The second-order valence-corrected chi connectivity index (χ2v) is 4.54. The highest BCUT2D eigenvalue weighted by molar-refractivity contribution is 9.10. The molecule has 0 aliphatic carbocycles. The number of hydrogen-bond acceptors (Lipinski definition) is 3. The Balaban J connectivity index is 2.27. The fraction of sp³-hybridized carbons (Fsp3) is 0.273. The minimum absolute atomic E-state index is 0.125. The molecule has 1 aromatic rings. The Bertz CT molecular complexity index is 423. The van der Waals surface area contributed by atoms with E-state index in [4.69, 9.17) is 5.73 Å². The van der Waals surface area contributed by atoms with Crippen molar-refractivity contribution < 1.29 is 9.59 Å². The van der Waals surface area contributed by atoms with Crippen LogP contribution in [0, 0.1) is 0 Å². The molecule has 0 saturated carbocycles. The number of nitrogens with two attached hydrogens (primary N) is 1. The van der Waals surface area contributed by atoms with Gasteiger partial charge in [0.15, 0.2) is 0 Å². The Hall–Kier alpha value is -1.36. The van der Waals surface area contributed by atoms with E-state index in [1.807, 2.05) is 12.1 Å². The molecule has 0 radical (unpaired) electrons. The van der Waals surface area contributed by atoms with Gasteiger partial charge in [0.2, 0.25) is 11.8 Å². The first-order chi connectivity index (χ1) is 7.59. The van der Waals surface area contributed by atoms with E-state index in [1.54, 1.807) is 6.07 Å². The van der Waals surface area contributed by atoms with Crippen LogP contribution >= 0.6 is 15.9 Å². The van der Waals surface area contributed by atoms with Crippen molar-refractivity contribution in [1.82, 2.24) is 4.90 Å². The van der Waals surface area contributed by atoms with Crippen molar-refractivity contribution in [2.24, 2.45) is 0 Å². The van der Waals surface area contributed by atoms with Gasteiger partial charge in [0, 0.05) is 28.6 Å². The van der Waals surface area contributed by atoms with Gasteiger partial charge in [-0.05, 0) is 12.1 Å². The molecule has 4 nitrogen and oxygen atoms in total. The number of carbonyl (C=O) groups excluding carboxylic acids is 2. The lowest BCUT2D eigenvalue weighted by atomic mass is 10.1. The highest BCUT2D eigenvalue weighted by Gasteiger charge is 2.29. The van der Waals surface area contributed by atoms with Crippen LogP contribution < -0.4 is 5.73 Å². The summed E-state index contributed by atoms with van der Waals surface area (Å²) in [5.74, 6) is -0.250. The van der Waals surface area contributed by atoms with Crippen LogP contribution in [0.2, 0.25) is 0 Å². The largest absolute Gasteiger partial charge is 0.398 e. The van der Waals surface area contributed by atoms with E-state index in [9.17, 15) is 9.59 Å². The smallest absolute Gasteiger partial charge is 0.229 e. The van der Waals surface area contributed by atoms with Crippen LogP contribution in [0.15, 0.2) is 22.7 Å². The van der Waals surface area contributed by atoms with E-state index in [1.165, 1.54) is 4.90 Å². The highest BCUT2D eigenvalue weighted by Crippen LogP contribution is 2.26. The minimum Gasteiger partial charge on any atom is -0.398 e. The number of halogens is 1. The number of carbonyl (C=O) groups is 2. The zero-order valence-electron chi connectivity index (χ0n) is 8.57. The van der Waals surface area contributed by atoms with Gasteiger partial charge in [0.1, 0.15) is 0 Å². The molecule has 0 unspecified atom stereocenters. The van der Waals surface area contributed by atoms with Gasteiger partial charge < -0.3 is 5.73 Å². The summed E-state index contributed by atoms with van der Waals surface area (Å²) in [6, 6.07) is 5.42. The number of nitrogens with zero attached hydrogens (tertiary/aromatic N) is 1. The highest BCUT2D eigenvalue weighted by atomic mass is 79.9. The average molecular weight is 283 g/mol. The number of benzene rings is 1. The molecule has 0 bridgehead atoms. The molecule has 0 atom stereocenters. The maximum absolute atomic E-state index is 11.5. The van der Waals surface area contributed by atoms with Crippen LogP contribution in [-0.2, 0) is 16.1 Å². The van der Waals surface area contributed by atoms with Crippen LogP contribution in [0.3, 0.4) is 0 Å². The van der Waals surface area contributed by atoms with E-state index < -0.39 is 0 Å². The van der Waals surface area contributed by atoms with Gasteiger partial charge >= 0.3 is 0 Å². The number of imide groups is 1. The molecule has 2 rings (SSSR count). The van der Waals surface area contributed by atoms with Crippen LogP contribution in [0.25, 0.3) is 0 Å². The normalized spacial score (nSPS) is 15.9. The summed E-state index contributed by atoms with van der Waals surface area (Å²) in [5.41, 5.74) is 7.18. The van der Waals surface area contributed by atoms with Crippen LogP contribution in [-0.4, -0.2) is 16.7 Å². The number of hydrogen-bond donors (Lipinski definition) is 1. The van der Waals surface area contributed by atoms with Gasteiger partial charge in [0.25, 0.3) is 0 Å².